The van der Waals surface area contributed by atoms with Gasteiger partial charge in [0.1, 0.15) is 6.10 Å². The van der Waals surface area contributed by atoms with Crippen molar-refractivity contribution < 1.29 is 9.13 Å². The van der Waals surface area contributed by atoms with E-state index in [2.05, 4.69) is 0 Å². The molecule has 0 bridgehead atoms. The molecule has 2 rings (SSSR count). The molecule has 1 aromatic rings. The van der Waals surface area contributed by atoms with Gasteiger partial charge in [-0.25, -0.2) is 4.39 Å². The number of benzene rings is 1. The first-order valence-electron chi connectivity index (χ1n) is 5.31. The van der Waals surface area contributed by atoms with Crippen LogP contribution in [0.3, 0.4) is 0 Å². The van der Waals surface area contributed by atoms with E-state index in [0.29, 0.717) is 5.56 Å². The topological polar surface area (TPSA) is 59.0 Å². The summed E-state index contributed by atoms with van der Waals surface area (Å²) in [5, 5.41) is 8.60. The predicted octanol–water partition coefficient (Wildman–Crippen LogP) is 1.96. The molecule has 0 amide bonds. The van der Waals surface area contributed by atoms with Gasteiger partial charge in [-0.3, -0.25) is 0 Å². The number of halogens is 1. The van der Waals surface area contributed by atoms with Crippen LogP contribution < -0.4 is 10.5 Å². The fraction of sp³-hybridized carbons (Fsp3) is 0.417. The normalized spacial score (nSPS) is 24.1. The average molecular weight is 220 g/mol. The standard InChI is InChI=1S/C12H13FN2O/c13-11-5-8(7-14)1-4-12(11)16-10-3-2-9(15)6-10/h1,4-5,9-10H,2-3,6,15H2. The Hall–Kier alpha value is -1.60. The van der Waals surface area contributed by atoms with Gasteiger partial charge < -0.3 is 10.5 Å². The molecule has 1 aliphatic rings. The Labute approximate surface area is 93.6 Å². The second-order valence-electron chi connectivity index (χ2n) is 4.07. The van der Waals surface area contributed by atoms with Gasteiger partial charge in [0, 0.05) is 6.04 Å². The van der Waals surface area contributed by atoms with Crippen molar-refractivity contribution in [2.24, 2.45) is 5.73 Å². The molecular weight excluding hydrogens is 207 g/mol. The molecule has 4 heteroatoms. The van der Waals surface area contributed by atoms with Crippen LogP contribution in [0.4, 0.5) is 4.39 Å². The minimum atomic E-state index is -0.487. The van der Waals surface area contributed by atoms with Gasteiger partial charge in [-0.05, 0) is 37.5 Å². The van der Waals surface area contributed by atoms with E-state index in [1.807, 2.05) is 6.07 Å². The summed E-state index contributed by atoms with van der Waals surface area (Å²) in [5.41, 5.74) is 6.04. The molecule has 1 aliphatic carbocycles. The summed E-state index contributed by atoms with van der Waals surface area (Å²) in [6.45, 7) is 0. The lowest BCUT2D eigenvalue weighted by molar-refractivity contribution is 0.199. The number of rotatable bonds is 2. The van der Waals surface area contributed by atoms with Crippen molar-refractivity contribution in [3.05, 3.63) is 29.6 Å². The van der Waals surface area contributed by atoms with Crippen LogP contribution in [0.15, 0.2) is 18.2 Å². The number of hydrogen-bond acceptors (Lipinski definition) is 3. The van der Waals surface area contributed by atoms with Crippen molar-refractivity contribution in [2.45, 2.75) is 31.4 Å². The van der Waals surface area contributed by atoms with E-state index in [1.165, 1.54) is 12.1 Å². The Kier molecular flexibility index (Phi) is 3.07. The van der Waals surface area contributed by atoms with Crippen LogP contribution in [0.5, 0.6) is 5.75 Å². The zero-order chi connectivity index (χ0) is 11.5. The second-order valence-corrected chi connectivity index (χ2v) is 4.07. The average Bonchev–Trinajstić information content (AvgIpc) is 2.67. The van der Waals surface area contributed by atoms with Gasteiger partial charge in [-0.2, -0.15) is 5.26 Å². The maximum atomic E-state index is 13.5. The molecule has 0 spiro atoms. The summed E-state index contributed by atoms with van der Waals surface area (Å²) in [6, 6.07) is 6.27. The van der Waals surface area contributed by atoms with Gasteiger partial charge in [0.2, 0.25) is 0 Å². The first-order chi connectivity index (χ1) is 7.69. The molecule has 84 valence electrons. The highest BCUT2D eigenvalue weighted by Crippen LogP contribution is 2.25. The number of nitrogens with two attached hydrogens (primary N) is 1. The van der Waals surface area contributed by atoms with Crippen LogP contribution in [0.25, 0.3) is 0 Å². The zero-order valence-corrected chi connectivity index (χ0v) is 8.82. The van der Waals surface area contributed by atoms with Crippen LogP contribution in [-0.2, 0) is 0 Å². The van der Waals surface area contributed by atoms with Crippen LogP contribution >= 0.6 is 0 Å². The van der Waals surface area contributed by atoms with Crippen LogP contribution in [0.1, 0.15) is 24.8 Å². The van der Waals surface area contributed by atoms with Crippen molar-refractivity contribution in [1.82, 2.24) is 0 Å². The zero-order valence-electron chi connectivity index (χ0n) is 8.82. The number of nitriles is 1. The van der Waals surface area contributed by atoms with Crippen LogP contribution in [0, 0.1) is 17.1 Å². The fourth-order valence-electron chi connectivity index (χ4n) is 1.93. The molecule has 0 radical (unpaired) electrons. The highest BCUT2D eigenvalue weighted by molar-refractivity contribution is 5.36. The van der Waals surface area contributed by atoms with Gasteiger partial charge >= 0.3 is 0 Å². The molecule has 0 aliphatic heterocycles. The molecule has 0 heterocycles. The smallest absolute Gasteiger partial charge is 0.166 e. The van der Waals surface area contributed by atoms with E-state index in [9.17, 15) is 4.39 Å². The van der Waals surface area contributed by atoms with E-state index < -0.39 is 5.82 Å². The minimum absolute atomic E-state index is 0.00237. The summed E-state index contributed by atoms with van der Waals surface area (Å²) >= 11 is 0. The molecule has 1 aromatic carbocycles. The Bertz CT molecular complexity index is 428. The van der Waals surface area contributed by atoms with Gasteiger partial charge in [0.05, 0.1) is 11.6 Å². The third-order valence-electron chi connectivity index (χ3n) is 2.78. The Balaban J connectivity index is 2.08. The molecule has 3 nitrogen and oxygen atoms in total. The van der Waals surface area contributed by atoms with Gasteiger partial charge in [-0.1, -0.05) is 0 Å². The van der Waals surface area contributed by atoms with Crippen molar-refractivity contribution in [2.75, 3.05) is 0 Å². The molecule has 16 heavy (non-hydrogen) atoms. The second kappa shape index (κ2) is 4.50. The molecule has 2 unspecified atom stereocenters. The summed E-state index contributed by atoms with van der Waals surface area (Å²) in [7, 11) is 0. The number of nitrogens with zero attached hydrogens (tertiary/aromatic N) is 1. The molecule has 1 saturated carbocycles. The monoisotopic (exact) mass is 220 g/mol. The third-order valence-corrected chi connectivity index (χ3v) is 2.78. The van der Waals surface area contributed by atoms with Crippen molar-refractivity contribution in [3.8, 4) is 11.8 Å². The van der Waals surface area contributed by atoms with E-state index in [1.54, 1.807) is 6.07 Å². The molecule has 1 fully saturated rings. The maximum Gasteiger partial charge on any atom is 0.166 e. The molecule has 0 aromatic heterocycles. The SMILES string of the molecule is N#Cc1ccc(OC2CCC(N)C2)c(F)c1. The van der Waals surface area contributed by atoms with Gasteiger partial charge in [0.15, 0.2) is 11.6 Å². The Morgan fingerprint density at radius 2 is 2.25 bits per heavy atom. The minimum Gasteiger partial charge on any atom is -0.487 e. The van der Waals surface area contributed by atoms with E-state index >= 15 is 0 Å². The highest BCUT2D eigenvalue weighted by atomic mass is 19.1. The lowest BCUT2D eigenvalue weighted by atomic mass is 10.2. The van der Waals surface area contributed by atoms with Crippen LogP contribution in [0.2, 0.25) is 0 Å². The number of ether oxygens (including phenoxy) is 1. The first-order valence-corrected chi connectivity index (χ1v) is 5.31. The quantitative estimate of drug-likeness (QED) is 0.828. The van der Waals surface area contributed by atoms with Crippen molar-refractivity contribution >= 4 is 0 Å². The van der Waals surface area contributed by atoms with Gasteiger partial charge in [0.25, 0.3) is 0 Å². The van der Waals surface area contributed by atoms with Gasteiger partial charge in [-0.15, -0.1) is 0 Å². The van der Waals surface area contributed by atoms with Crippen molar-refractivity contribution in [1.29, 1.82) is 5.26 Å². The summed E-state index contributed by atoms with van der Waals surface area (Å²) in [6.07, 6.45) is 2.54. The van der Waals surface area contributed by atoms with E-state index in [0.717, 1.165) is 19.3 Å². The molecule has 0 saturated heterocycles. The largest absolute Gasteiger partial charge is 0.487 e. The third kappa shape index (κ3) is 2.31. The summed E-state index contributed by atoms with van der Waals surface area (Å²) < 4.78 is 19.0. The van der Waals surface area contributed by atoms with E-state index in [-0.39, 0.29) is 17.9 Å². The van der Waals surface area contributed by atoms with Crippen LogP contribution in [-0.4, -0.2) is 12.1 Å². The lowest BCUT2D eigenvalue weighted by Gasteiger charge is -2.13. The maximum absolute atomic E-state index is 13.5. The Morgan fingerprint density at radius 1 is 1.44 bits per heavy atom. The highest BCUT2D eigenvalue weighted by Gasteiger charge is 2.24. The fourth-order valence-corrected chi connectivity index (χ4v) is 1.93. The lowest BCUT2D eigenvalue weighted by Crippen LogP contribution is -2.19. The summed E-state index contributed by atoms with van der Waals surface area (Å²) in [5.74, 6) is -0.280. The first kappa shape index (κ1) is 10.9. The van der Waals surface area contributed by atoms with Crippen molar-refractivity contribution in [3.63, 3.8) is 0 Å². The molecule has 2 N–H and O–H groups in total. The Morgan fingerprint density at radius 3 is 2.81 bits per heavy atom. The number of hydrogen-bond donors (Lipinski definition) is 1. The van der Waals surface area contributed by atoms with E-state index in [4.69, 9.17) is 15.7 Å². The molecular formula is C12H13FN2O. The summed E-state index contributed by atoms with van der Waals surface area (Å²) in [4.78, 5) is 0. The molecule has 2 atom stereocenters. The predicted molar refractivity (Wildman–Crippen MR) is 57.4 cm³/mol.